The van der Waals surface area contributed by atoms with Crippen molar-refractivity contribution < 1.29 is 0 Å². The van der Waals surface area contributed by atoms with Gasteiger partial charge < -0.3 is 0 Å². The van der Waals surface area contributed by atoms with Crippen LogP contribution in [0, 0.1) is 16.7 Å². The average molecular weight is 183 g/mol. The van der Waals surface area contributed by atoms with Crippen molar-refractivity contribution in [3.63, 3.8) is 0 Å². The molecule has 0 fully saturated rings. The van der Waals surface area contributed by atoms with Gasteiger partial charge in [-0.05, 0) is 23.2 Å². The summed E-state index contributed by atoms with van der Waals surface area (Å²) in [6.07, 6.45) is 3.93. The molecule has 0 N–H and O–H groups in total. The maximum Gasteiger partial charge on any atom is -0.0134 e. The third-order valence-electron chi connectivity index (χ3n) is 2.59. The first-order chi connectivity index (χ1) is 5.69. The molecule has 0 aromatic heterocycles. The molecule has 0 aromatic rings. The van der Waals surface area contributed by atoms with Crippen LogP contribution >= 0.6 is 0 Å². The van der Waals surface area contributed by atoms with Crippen molar-refractivity contribution in [2.24, 2.45) is 10.8 Å². The Morgan fingerprint density at radius 3 is 1.46 bits per heavy atom. The van der Waals surface area contributed by atoms with Crippen LogP contribution in [0.4, 0.5) is 0 Å². The molecular weight excluding hydrogens is 156 g/mol. The van der Waals surface area contributed by atoms with Gasteiger partial charge in [0.15, 0.2) is 0 Å². The highest BCUT2D eigenvalue weighted by Crippen LogP contribution is 2.44. The Morgan fingerprint density at radius 2 is 1.23 bits per heavy atom. The number of unbranched alkanes of at least 4 members (excludes halogenated alkanes) is 1. The molecule has 1 radical (unpaired) electrons. The van der Waals surface area contributed by atoms with Crippen LogP contribution in [0.25, 0.3) is 0 Å². The molecule has 0 amide bonds. The van der Waals surface area contributed by atoms with E-state index < -0.39 is 0 Å². The van der Waals surface area contributed by atoms with E-state index in [1.807, 2.05) is 0 Å². The van der Waals surface area contributed by atoms with Gasteiger partial charge in [-0.3, -0.25) is 0 Å². The molecule has 0 aliphatic heterocycles. The molecule has 0 saturated heterocycles. The van der Waals surface area contributed by atoms with E-state index in [1.165, 1.54) is 19.3 Å². The summed E-state index contributed by atoms with van der Waals surface area (Å²) in [5.74, 6) is 1.71. The number of hydrogen-bond acceptors (Lipinski definition) is 0. The van der Waals surface area contributed by atoms with Gasteiger partial charge in [0.25, 0.3) is 0 Å². The summed E-state index contributed by atoms with van der Waals surface area (Å²) in [6, 6.07) is 0. The van der Waals surface area contributed by atoms with Crippen LogP contribution in [-0.2, 0) is 0 Å². The lowest BCUT2D eigenvalue weighted by molar-refractivity contribution is 0.259. The zero-order valence-corrected chi connectivity index (χ0v) is 10.6. The largest absolute Gasteiger partial charge is 0.0654 e. The molecule has 0 heteroatoms. The maximum absolute atomic E-state index is 2.34. The fraction of sp³-hybridized carbons (Fsp3) is 0.923. The van der Waals surface area contributed by atoms with E-state index in [2.05, 4.69) is 48.5 Å². The first kappa shape index (κ1) is 13.0. The van der Waals surface area contributed by atoms with Crippen molar-refractivity contribution in [3.05, 3.63) is 5.92 Å². The van der Waals surface area contributed by atoms with Gasteiger partial charge >= 0.3 is 0 Å². The monoisotopic (exact) mass is 183 g/mol. The van der Waals surface area contributed by atoms with E-state index in [0.29, 0.717) is 10.8 Å². The molecule has 0 spiro atoms. The highest BCUT2D eigenvalue weighted by Gasteiger charge is 2.34. The Morgan fingerprint density at radius 1 is 0.846 bits per heavy atom. The minimum atomic E-state index is 0.368. The van der Waals surface area contributed by atoms with Crippen LogP contribution in [0.3, 0.4) is 0 Å². The average Bonchev–Trinajstić information content (AvgIpc) is 1.81. The second kappa shape index (κ2) is 4.48. The Balaban J connectivity index is 4.39. The smallest absolute Gasteiger partial charge is 0.0134 e. The quantitative estimate of drug-likeness (QED) is 0.587. The molecule has 0 bridgehead atoms. The summed E-state index contributed by atoms with van der Waals surface area (Å²) >= 11 is 0. The lowest BCUT2D eigenvalue weighted by atomic mass is 9.65. The third-order valence-corrected chi connectivity index (χ3v) is 2.59. The third kappa shape index (κ3) is 4.69. The van der Waals surface area contributed by atoms with Crippen LogP contribution in [0.15, 0.2) is 0 Å². The van der Waals surface area contributed by atoms with Gasteiger partial charge in [-0.2, -0.15) is 0 Å². The highest BCUT2D eigenvalue weighted by molar-refractivity contribution is 5.08. The van der Waals surface area contributed by atoms with Gasteiger partial charge in [0.05, 0.1) is 0 Å². The molecule has 0 aliphatic carbocycles. The molecule has 0 unspecified atom stereocenters. The molecule has 13 heavy (non-hydrogen) atoms. The molecule has 0 saturated carbocycles. The van der Waals surface area contributed by atoms with E-state index in [4.69, 9.17) is 0 Å². The highest BCUT2D eigenvalue weighted by atomic mass is 14.4. The zero-order chi connectivity index (χ0) is 10.7. The standard InChI is InChI=1S/C13H27/c1-8-9-10-11(12(2,3)4)13(5,6)7/h8-10H2,1-7H3. The van der Waals surface area contributed by atoms with E-state index in [-0.39, 0.29) is 0 Å². The lowest BCUT2D eigenvalue weighted by Gasteiger charge is -2.40. The maximum atomic E-state index is 2.34. The van der Waals surface area contributed by atoms with Gasteiger partial charge in [-0.15, -0.1) is 0 Å². The van der Waals surface area contributed by atoms with Crippen LogP contribution in [0.2, 0.25) is 0 Å². The normalized spacial score (nSPS) is 13.8. The van der Waals surface area contributed by atoms with Crippen molar-refractivity contribution in [1.29, 1.82) is 0 Å². The van der Waals surface area contributed by atoms with Crippen LogP contribution in [0.5, 0.6) is 0 Å². The lowest BCUT2D eigenvalue weighted by Crippen LogP contribution is -2.30. The molecule has 0 aromatic carbocycles. The molecule has 0 rings (SSSR count). The van der Waals surface area contributed by atoms with Crippen molar-refractivity contribution in [1.82, 2.24) is 0 Å². The van der Waals surface area contributed by atoms with Crippen LogP contribution in [-0.4, -0.2) is 0 Å². The number of rotatable bonds is 3. The summed E-state index contributed by atoms with van der Waals surface area (Å²) in [4.78, 5) is 0. The van der Waals surface area contributed by atoms with E-state index in [1.54, 1.807) is 5.92 Å². The van der Waals surface area contributed by atoms with Crippen molar-refractivity contribution in [2.75, 3.05) is 0 Å². The summed E-state index contributed by atoms with van der Waals surface area (Å²) in [5.41, 5.74) is 0.737. The number of hydrogen-bond donors (Lipinski definition) is 0. The molecule has 79 valence electrons. The summed E-state index contributed by atoms with van der Waals surface area (Å²) < 4.78 is 0. The van der Waals surface area contributed by atoms with Crippen molar-refractivity contribution in [3.8, 4) is 0 Å². The minimum Gasteiger partial charge on any atom is -0.0654 e. The molecule has 0 aliphatic rings. The molecule has 0 heterocycles. The first-order valence-corrected chi connectivity index (χ1v) is 5.56. The summed E-state index contributed by atoms with van der Waals surface area (Å²) in [6.45, 7) is 16.3. The van der Waals surface area contributed by atoms with Crippen LogP contribution < -0.4 is 0 Å². The van der Waals surface area contributed by atoms with E-state index in [9.17, 15) is 0 Å². The van der Waals surface area contributed by atoms with E-state index in [0.717, 1.165) is 0 Å². The predicted molar refractivity (Wildman–Crippen MR) is 61.7 cm³/mol. The predicted octanol–water partition coefficient (Wildman–Crippen LogP) is 4.84. The second-order valence-corrected chi connectivity index (χ2v) is 6.08. The topological polar surface area (TPSA) is 0 Å². The van der Waals surface area contributed by atoms with Gasteiger partial charge in [0.1, 0.15) is 0 Å². The van der Waals surface area contributed by atoms with Crippen LogP contribution in [0.1, 0.15) is 67.7 Å². The Hall–Kier alpha value is 0. The molecular formula is C13H27. The SMILES string of the molecule is CCCC[C](C(C)(C)C)C(C)(C)C. The first-order valence-electron chi connectivity index (χ1n) is 5.56. The second-order valence-electron chi connectivity index (χ2n) is 6.08. The minimum absolute atomic E-state index is 0.368. The van der Waals surface area contributed by atoms with Gasteiger partial charge in [-0.25, -0.2) is 0 Å². The zero-order valence-electron chi connectivity index (χ0n) is 10.6. The van der Waals surface area contributed by atoms with Gasteiger partial charge in [0.2, 0.25) is 0 Å². The van der Waals surface area contributed by atoms with Gasteiger partial charge in [0, 0.05) is 0 Å². The van der Waals surface area contributed by atoms with Crippen molar-refractivity contribution >= 4 is 0 Å². The Kier molecular flexibility index (Phi) is 4.48. The summed E-state index contributed by atoms with van der Waals surface area (Å²) in [7, 11) is 0. The molecule has 0 nitrogen and oxygen atoms in total. The Labute approximate surface area is 85.1 Å². The summed E-state index contributed by atoms with van der Waals surface area (Å²) in [5, 5.41) is 0. The van der Waals surface area contributed by atoms with E-state index >= 15 is 0 Å². The van der Waals surface area contributed by atoms with Crippen molar-refractivity contribution in [2.45, 2.75) is 67.7 Å². The fourth-order valence-electron chi connectivity index (χ4n) is 2.23. The Bertz CT molecular complexity index is 117. The van der Waals surface area contributed by atoms with Gasteiger partial charge in [-0.1, -0.05) is 61.3 Å². The fourth-order valence-corrected chi connectivity index (χ4v) is 2.23. The molecule has 0 atom stereocenters.